The van der Waals surface area contributed by atoms with Gasteiger partial charge in [-0.05, 0) is 31.5 Å². The molecule has 0 bridgehead atoms. The molecule has 0 amide bonds. The van der Waals surface area contributed by atoms with Gasteiger partial charge in [-0.25, -0.2) is 8.78 Å². The van der Waals surface area contributed by atoms with Crippen LogP contribution in [0.1, 0.15) is 18.9 Å². The van der Waals surface area contributed by atoms with Gasteiger partial charge in [-0.3, -0.25) is 0 Å². The molecule has 1 rings (SSSR count). The van der Waals surface area contributed by atoms with Gasteiger partial charge in [-0.2, -0.15) is 0 Å². The van der Waals surface area contributed by atoms with Gasteiger partial charge < -0.3 is 10.8 Å². The first kappa shape index (κ1) is 11.1. The molecule has 0 aliphatic heterocycles. The Balaban J connectivity index is 3.10. The molecule has 0 heterocycles. The number of hydrogen-bond donors (Lipinski definition) is 2. The third-order valence-corrected chi connectivity index (χ3v) is 2.17. The van der Waals surface area contributed by atoms with E-state index in [1.807, 2.05) is 0 Å². The second-order valence-electron chi connectivity index (χ2n) is 3.52. The predicted molar refractivity (Wildman–Crippen MR) is 49.6 cm³/mol. The van der Waals surface area contributed by atoms with Gasteiger partial charge in [-0.15, -0.1) is 0 Å². The smallest absolute Gasteiger partial charge is 0.128 e. The van der Waals surface area contributed by atoms with Crippen molar-refractivity contribution in [3.8, 4) is 0 Å². The van der Waals surface area contributed by atoms with Gasteiger partial charge in [0, 0.05) is 17.7 Å². The van der Waals surface area contributed by atoms with Crippen molar-refractivity contribution in [1.29, 1.82) is 0 Å². The third-order valence-electron chi connectivity index (χ3n) is 2.17. The zero-order valence-electron chi connectivity index (χ0n) is 7.93. The van der Waals surface area contributed by atoms with Crippen LogP contribution in [0.3, 0.4) is 0 Å². The second kappa shape index (κ2) is 4.02. The van der Waals surface area contributed by atoms with Crippen molar-refractivity contribution in [2.75, 3.05) is 6.61 Å². The van der Waals surface area contributed by atoms with Gasteiger partial charge in [0.25, 0.3) is 0 Å². The van der Waals surface area contributed by atoms with Crippen LogP contribution < -0.4 is 5.73 Å². The number of hydrogen-bond acceptors (Lipinski definition) is 2. The summed E-state index contributed by atoms with van der Waals surface area (Å²) in [5.41, 5.74) is 4.80. The van der Waals surface area contributed by atoms with E-state index in [0.717, 1.165) is 18.2 Å². The maximum Gasteiger partial charge on any atom is 0.128 e. The van der Waals surface area contributed by atoms with Gasteiger partial charge in [-0.1, -0.05) is 0 Å². The number of aliphatic hydroxyl groups is 1. The minimum absolute atomic E-state index is 0.0894. The summed E-state index contributed by atoms with van der Waals surface area (Å²) in [6.45, 7) is 1.39. The van der Waals surface area contributed by atoms with Gasteiger partial charge in [0.15, 0.2) is 0 Å². The van der Waals surface area contributed by atoms with Crippen LogP contribution in [-0.2, 0) is 5.54 Å². The molecule has 1 atom stereocenters. The van der Waals surface area contributed by atoms with E-state index in [1.165, 1.54) is 0 Å². The van der Waals surface area contributed by atoms with Crippen molar-refractivity contribution in [3.05, 3.63) is 35.4 Å². The molecular weight excluding hydrogens is 188 g/mol. The minimum atomic E-state index is -1.04. The van der Waals surface area contributed by atoms with E-state index >= 15 is 0 Å². The van der Waals surface area contributed by atoms with Crippen LogP contribution in [0.25, 0.3) is 0 Å². The van der Waals surface area contributed by atoms with Crippen molar-refractivity contribution in [3.63, 3.8) is 0 Å². The summed E-state index contributed by atoms with van der Waals surface area (Å²) in [6, 6.07) is 3.13. The molecule has 0 radical (unpaired) electrons. The molecule has 78 valence electrons. The highest BCUT2D eigenvalue weighted by Gasteiger charge is 2.24. The van der Waals surface area contributed by atoms with Gasteiger partial charge in [0.05, 0.1) is 0 Å². The molecule has 1 aromatic rings. The molecule has 0 aliphatic rings. The molecule has 0 spiro atoms. The third kappa shape index (κ3) is 2.27. The van der Waals surface area contributed by atoms with E-state index in [4.69, 9.17) is 10.8 Å². The van der Waals surface area contributed by atoms with Crippen molar-refractivity contribution < 1.29 is 13.9 Å². The van der Waals surface area contributed by atoms with E-state index in [0.29, 0.717) is 0 Å². The van der Waals surface area contributed by atoms with Crippen LogP contribution in [0.2, 0.25) is 0 Å². The average molecular weight is 201 g/mol. The summed E-state index contributed by atoms with van der Waals surface area (Å²) in [5, 5.41) is 8.73. The predicted octanol–water partition coefficient (Wildman–Crippen LogP) is 1.52. The van der Waals surface area contributed by atoms with E-state index < -0.39 is 17.2 Å². The standard InChI is InChI=1S/C10H13F2NO/c1-10(13,4-5-14)8-6-7(11)2-3-9(8)12/h2-3,6,14H,4-5,13H2,1H3/t10-/m1/s1. The van der Waals surface area contributed by atoms with Crippen LogP contribution in [0.15, 0.2) is 18.2 Å². The summed E-state index contributed by atoms with van der Waals surface area (Å²) < 4.78 is 26.1. The highest BCUT2D eigenvalue weighted by Crippen LogP contribution is 2.24. The Labute approximate surface area is 81.4 Å². The Kier molecular flexibility index (Phi) is 3.18. The second-order valence-corrected chi connectivity index (χ2v) is 3.52. The lowest BCUT2D eigenvalue weighted by atomic mass is 9.89. The van der Waals surface area contributed by atoms with Crippen molar-refractivity contribution in [1.82, 2.24) is 0 Å². The van der Waals surface area contributed by atoms with Crippen molar-refractivity contribution >= 4 is 0 Å². The van der Waals surface area contributed by atoms with E-state index in [9.17, 15) is 8.78 Å². The molecule has 0 fully saturated rings. The number of halogens is 2. The number of nitrogens with two attached hydrogens (primary N) is 1. The van der Waals surface area contributed by atoms with E-state index in [2.05, 4.69) is 0 Å². The van der Waals surface area contributed by atoms with Crippen LogP contribution in [0.4, 0.5) is 8.78 Å². The molecule has 0 aromatic heterocycles. The van der Waals surface area contributed by atoms with Crippen molar-refractivity contribution in [2.24, 2.45) is 5.73 Å². The fraction of sp³-hybridized carbons (Fsp3) is 0.400. The first-order valence-electron chi connectivity index (χ1n) is 4.32. The molecule has 3 N–H and O–H groups in total. The Morgan fingerprint density at radius 1 is 1.43 bits per heavy atom. The quantitative estimate of drug-likeness (QED) is 0.778. The van der Waals surface area contributed by atoms with Gasteiger partial charge >= 0.3 is 0 Å². The Morgan fingerprint density at radius 2 is 2.07 bits per heavy atom. The zero-order valence-corrected chi connectivity index (χ0v) is 7.93. The van der Waals surface area contributed by atoms with E-state index in [-0.39, 0.29) is 18.6 Å². The molecule has 4 heteroatoms. The van der Waals surface area contributed by atoms with Crippen molar-refractivity contribution in [2.45, 2.75) is 18.9 Å². The number of aliphatic hydroxyl groups excluding tert-OH is 1. The average Bonchev–Trinajstić information content (AvgIpc) is 2.09. The fourth-order valence-corrected chi connectivity index (χ4v) is 1.30. The summed E-state index contributed by atoms with van der Waals surface area (Å²) in [6.07, 6.45) is 0.188. The lowest BCUT2D eigenvalue weighted by Crippen LogP contribution is -2.35. The lowest BCUT2D eigenvalue weighted by Gasteiger charge is -2.24. The molecule has 0 unspecified atom stereocenters. The molecule has 14 heavy (non-hydrogen) atoms. The fourth-order valence-electron chi connectivity index (χ4n) is 1.30. The zero-order chi connectivity index (χ0) is 10.8. The topological polar surface area (TPSA) is 46.2 Å². The number of benzene rings is 1. The highest BCUT2D eigenvalue weighted by molar-refractivity contribution is 5.25. The first-order chi connectivity index (χ1) is 6.47. The largest absolute Gasteiger partial charge is 0.396 e. The first-order valence-corrected chi connectivity index (χ1v) is 4.32. The Hall–Kier alpha value is -1.00. The SMILES string of the molecule is C[C@@](N)(CCO)c1cc(F)ccc1F. The molecular formula is C10H13F2NO. The highest BCUT2D eigenvalue weighted by atomic mass is 19.1. The molecule has 2 nitrogen and oxygen atoms in total. The monoisotopic (exact) mass is 201 g/mol. The van der Waals surface area contributed by atoms with Crippen LogP contribution in [0.5, 0.6) is 0 Å². The summed E-state index contributed by atoms with van der Waals surface area (Å²) >= 11 is 0. The molecule has 1 aromatic carbocycles. The van der Waals surface area contributed by atoms with Crippen LogP contribution in [-0.4, -0.2) is 11.7 Å². The molecule has 0 saturated heterocycles. The lowest BCUT2D eigenvalue weighted by molar-refractivity contribution is 0.244. The van der Waals surface area contributed by atoms with Gasteiger partial charge in [0.2, 0.25) is 0 Å². The summed E-state index contributed by atoms with van der Waals surface area (Å²) in [7, 11) is 0. The number of rotatable bonds is 3. The van der Waals surface area contributed by atoms with Gasteiger partial charge in [0.1, 0.15) is 11.6 Å². The molecule has 0 aliphatic carbocycles. The maximum atomic E-state index is 13.3. The summed E-state index contributed by atoms with van der Waals surface area (Å²) in [5.74, 6) is -1.08. The Morgan fingerprint density at radius 3 is 2.64 bits per heavy atom. The normalized spacial score (nSPS) is 15.2. The van der Waals surface area contributed by atoms with Crippen LogP contribution in [0, 0.1) is 11.6 Å². The Bertz CT molecular complexity index is 326. The molecule has 0 saturated carbocycles. The van der Waals surface area contributed by atoms with Crippen LogP contribution >= 0.6 is 0 Å². The van der Waals surface area contributed by atoms with E-state index in [1.54, 1.807) is 6.92 Å². The minimum Gasteiger partial charge on any atom is -0.396 e. The summed E-state index contributed by atoms with van der Waals surface area (Å²) in [4.78, 5) is 0. The maximum absolute atomic E-state index is 13.3.